The van der Waals surface area contributed by atoms with Crippen molar-refractivity contribution in [3.05, 3.63) is 0 Å². The Hall–Kier alpha value is 0.324. The van der Waals surface area contributed by atoms with Crippen LogP contribution in [0.3, 0.4) is 0 Å². The van der Waals surface area contributed by atoms with Crippen LogP contribution in [0.15, 0.2) is 0 Å². The molecule has 0 aromatic carbocycles. The fourth-order valence-corrected chi connectivity index (χ4v) is 2.42. The first-order chi connectivity index (χ1) is 20.1. The number of hydrogen-bond acceptors (Lipinski definition) is 10. The third kappa shape index (κ3) is 46.4. The number of rotatable bonds is 3. The molecule has 23 heteroatoms. The number of nitrogens with zero attached hydrogens (tertiary/aromatic N) is 6. The third-order valence-electron chi connectivity index (χ3n) is 5.00. The van der Waals surface area contributed by atoms with Crippen molar-refractivity contribution in [2.75, 3.05) is 96.8 Å². The molecule has 1 saturated heterocycles. The average molecular weight is 843 g/mol. The van der Waals surface area contributed by atoms with Gasteiger partial charge in [0.1, 0.15) is 28.7 Å². The van der Waals surface area contributed by atoms with E-state index in [1.807, 2.05) is 23.6 Å². The van der Waals surface area contributed by atoms with E-state index in [4.69, 9.17) is 57.5 Å². The van der Waals surface area contributed by atoms with Crippen LogP contribution in [0, 0.1) is 0 Å². The van der Waals surface area contributed by atoms with Crippen LogP contribution in [0.4, 0.5) is 0 Å². The lowest BCUT2D eigenvalue weighted by atomic mass is 10.6. The minimum atomic E-state index is -4.41. The van der Waals surface area contributed by atoms with Crippen LogP contribution in [0.25, 0.3) is 0 Å². The average Bonchev–Trinajstić information content (AvgIpc) is 3.32. The summed E-state index contributed by atoms with van der Waals surface area (Å²) in [5.41, 5.74) is 0. The Bertz CT molecular complexity index is 1040. The van der Waals surface area contributed by atoms with Gasteiger partial charge in [0.2, 0.25) is 20.8 Å². The topological polar surface area (TPSA) is 152 Å². The van der Waals surface area contributed by atoms with Crippen LogP contribution in [-0.4, -0.2) is 182 Å². The molecule has 0 atom stereocenters. The predicted octanol–water partition coefficient (Wildman–Crippen LogP) is 3.28. The van der Waals surface area contributed by atoms with Gasteiger partial charge >= 0.3 is 11.3 Å². The minimum absolute atomic E-state index is 0.750. The smallest absolute Gasteiger partial charge is 0.349 e. The Labute approximate surface area is 306 Å². The lowest BCUT2D eigenvalue weighted by Gasteiger charge is -2.24. The first-order valence-corrected chi connectivity index (χ1v) is 25.7. The highest BCUT2D eigenvalue weighted by Gasteiger charge is 2.28. The number of likely N-dealkylation sites (N-methyl/N-ethyl adjacent to an activating group) is 4. The van der Waals surface area contributed by atoms with Gasteiger partial charge in [0.15, 0.2) is 4.30 Å². The molecule has 2 heterocycles. The van der Waals surface area contributed by atoms with E-state index < -0.39 is 40.7 Å². The van der Waals surface area contributed by atoms with Gasteiger partial charge in [0.05, 0.1) is 69.6 Å². The van der Waals surface area contributed by atoms with Crippen molar-refractivity contribution in [2.24, 2.45) is 0 Å². The quantitative estimate of drug-likeness (QED) is 0.0781. The summed E-state index contributed by atoms with van der Waals surface area (Å²) in [6.07, 6.45) is 0. The molecule has 2 rings (SSSR count). The number of alkyl halides is 3. The maximum atomic E-state index is 9.22. The van der Waals surface area contributed by atoms with Crippen LogP contribution < -0.4 is 0 Å². The first-order valence-electron chi connectivity index (χ1n) is 13.4. The first kappa shape index (κ1) is 55.7. The van der Waals surface area contributed by atoms with Crippen LogP contribution in [-0.2, 0) is 29.2 Å². The highest BCUT2D eigenvalue weighted by atomic mass is 35.6. The Morgan fingerprint density at radius 2 is 1.07 bits per heavy atom. The van der Waals surface area contributed by atoms with Gasteiger partial charge in [-0.3, -0.25) is 32.2 Å². The van der Waals surface area contributed by atoms with Crippen molar-refractivity contribution in [1.29, 1.82) is 0 Å². The van der Waals surface area contributed by atoms with Crippen molar-refractivity contribution in [3.63, 3.8) is 0 Å². The Balaban J connectivity index is -0.000000145. The second kappa shape index (κ2) is 27.1. The Morgan fingerprint density at radius 1 is 0.826 bits per heavy atom. The number of hydrogen-bond donors (Lipinski definition) is 0. The van der Waals surface area contributed by atoms with Gasteiger partial charge in [-0.2, -0.15) is 11.1 Å². The summed E-state index contributed by atoms with van der Waals surface area (Å²) in [6, 6.07) is 0. The van der Waals surface area contributed by atoms with Crippen LogP contribution in [0.5, 0.6) is 0 Å². The monoisotopic (exact) mass is 840 g/mol. The summed E-state index contributed by atoms with van der Waals surface area (Å²) in [7, 11) is 7.43. The molecule has 1 fully saturated rings. The molecule has 0 aromatic heterocycles. The van der Waals surface area contributed by atoms with Crippen LogP contribution in [0.1, 0.15) is 0 Å². The maximum absolute atomic E-state index is 9.22. The van der Waals surface area contributed by atoms with Crippen LogP contribution >= 0.6 is 57.5 Å². The highest BCUT2D eigenvalue weighted by molar-refractivity contribution is 7.81. The molecular weight excluding hydrogens is 786 g/mol. The number of guanidine groups is 1. The molecule has 0 radical (unpaired) electrons. The second-order valence-electron chi connectivity index (χ2n) is 11.7. The molecule has 282 valence electrons. The van der Waals surface area contributed by atoms with E-state index in [1.54, 1.807) is 0 Å². The van der Waals surface area contributed by atoms with Gasteiger partial charge in [-0.05, 0) is 14.1 Å². The molecule has 0 amide bonds. The normalized spacial score (nSPS) is 14.7. The molecule has 0 unspecified atom stereocenters. The van der Waals surface area contributed by atoms with Crippen molar-refractivity contribution >= 4 is 105 Å². The zero-order valence-electron chi connectivity index (χ0n) is 30.1. The Morgan fingerprint density at radius 3 is 1.13 bits per heavy atom. The van der Waals surface area contributed by atoms with Gasteiger partial charge < -0.3 is 13.7 Å². The molecule has 0 spiro atoms. The van der Waals surface area contributed by atoms with Gasteiger partial charge in [0, 0.05) is 11.6 Å². The Kier molecular flexibility index (Phi) is 32.8. The molecule has 2 aliphatic rings. The number of halogens is 5. The molecule has 0 aliphatic carbocycles. The largest absolute Gasteiger partial charge is 0.726 e. The molecular formula is C23H57Cl5N6O8S2Si2. The third-order valence-corrected chi connectivity index (χ3v) is 9.08. The van der Waals surface area contributed by atoms with E-state index in [9.17, 15) is 25.9 Å². The standard InChI is InChI=1S/C7H16N3.C5H10ClN2.C5H15NSi.C3H9ClSi.CHCl3.2CH4O4S/c1-8(2)7-9(3)5-6-10(7)4;1-7-3-4-8(2)5(7)6;1-6(2)7(3,4)5;1-5(2,3)4;2-1(3)4;2*1-5-6(2,3)4/h5-6H2,1-4H3;3-4H2,1-2H3;1-5H3;1-3H3;1H;2*1H3,(H,2,3,4)/q2*+1;;;;;/p-2. The summed E-state index contributed by atoms with van der Waals surface area (Å²) >= 11 is 25.9. The van der Waals surface area contributed by atoms with Gasteiger partial charge in [-0.25, -0.2) is 16.8 Å². The molecule has 2 aliphatic heterocycles. The molecule has 0 bridgehead atoms. The molecule has 0 aromatic rings. The summed E-state index contributed by atoms with van der Waals surface area (Å²) in [6.45, 7) is 17.6. The molecule has 46 heavy (non-hydrogen) atoms. The second-order valence-corrected chi connectivity index (χ2v) is 29.1. The van der Waals surface area contributed by atoms with Crippen molar-refractivity contribution in [2.45, 2.75) is 43.6 Å². The van der Waals surface area contributed by atoms with Crippen molar-refractivity contribution in [1.82, 2.24) is 19.3 Å². The van der Waals surface area contributed by atoms with Gasteiger partial charge in [0.25, 0.3) is 0 Å². The zero-order valence-corrected chi connectivity index (χ0v) is 37.5. The van der Waals surface area contributed by atoms with E-state index in [0.717, 1.165) is 45.7 Å². The SMILES string of the molecule is CN(C)[Si](C)(C)C.CN1CCN(C)C1=[N+](C)C.CN1CC[N+](C)=C1Cl.COS(=O)(=O)[O-].COS(=O)(=O)[O-].C[Si](C)(C)Cl.ClC(Cl)Cl. The summed E-state index contributed by atoms with van der Waals surface area (Å²) in [4.78, 5) is 6.56. The molecule has 14 nitrogen and oxygen atoms in total. The van der Waals surface area contributed by atoms with Gasteiger partial charge in [-0.15, -0.1) is 0 Å². The molecule has 0 saturated carbocycles. The molecule has 0 N–H and O–H groups in total. The predicted molar refractivity (Wildman–Crippen MR) is 198 cm³/mol. The minimum Gasteiger partial charge on any atom is -0.726 e. The van der Waals surface area contributed by atoms with E-state index in [1.165, 1.54) is 5.96 Å². The van der Waals surface area contributed by atoms with E-state index in [2.05, 4.69) is 109 Å². The van der Waals surface area contributed by atoms with Crippen molar-refractivity contribution in [3.8, 4) is 0 Å². The van der Waals surface area contributed by atoms with Gasteiger partial charge in [-0.1, -0.05) is 74.1 Å². The maximum Gasteiger partial charge on any atom is 0.349 e. The lowest BCUT2D eigenvalue weighted by Crippen LogP contribution is -2.39. The summed E-state index contributed by atoms with van der Waals surface area (Å²) in [5.74, 6) is 1.31. The summed E-state index contributed by atoms with van der Waals surface area (Å²) in [5, 5.41) is 0.852. The zero-order chi connectivity index (χ0) is 38.4. The van der Waals surface area contributed by atoms with E-state index in [0.29, 0.717) is 0 Å². The summed E-state index contributed by atoms with van der Waals surface area (Å²) < 4.78 is 67.8. The van der Waals surface area contributed by atoms with E-state index in [-0.39, 0.29) is 0 Å². The lowest BCUT2D eigenvalue weighted by molar-refractivity contribution is -0.484. The highest BCUT2D eigenvalue weighted by Crippen LogP contribution is 2.04. The fourth-order valence-electron chi connectivity index (χ4n) is 2.25. The van der Waals surface area contributed by atoms with E-state index >= 15 is 0 Å². The van der Waals surface area contributed by atoms with Crippen molar-refractivity contribution < 1.29 is 43.5 Å². The fraction of sp³-hybridized carbons (Fsp3) is 0.913. The number of amidine groups is 1. The van der Waals surface area contributed by atoms with Crippen LogP contribution in [0.2, 0.25) is 39.3 Å².